The summed E-state index contributed by atoms with van der Waals surface area (Å²) in [6.07, 6.45) is 3.33. The molecule has 1 saturated heterocycles. The lowest BCUT2D eigenvalue weighted by atomic mass is 10.1. The monoisotopic (exact) mass is 318 g/mol. The minimum Gasteiger partial charge on any atom is -0.396 e. The van der Waals surface area contributed by atoms with Crippen molar-refractivity contribution < 1.29 is 18.8 Å². The third-order valence-corrected chi connectivity index (χ3v) is 4.20. The van der Waals surface area contributed by atoms with Crippen LogP contribution < -0.4 is 0 Å². The highest BCUT2D eigenvalue weighted by atomic mass is 19.1. The predicted octanol–water partition coefficient (Wildman–Crippen LogP) is 2.86. The van der Waals surface area contributed by atoms with E-state index in [0.717, 1.165) is 19.3 Å². The normalized spacial score (nSPS) is 17.7. The van der Waals surface area contributed by atoms with Gasteiger partial charge in [-0.15, -0.1) is 0 Å². The number of amides is 1. The van der Waals surface area contributed by atoms with Gasteiger partial charge in [-0.25, -0.2) is 4.39 Å². The van der Waals surface area contributed by atoms with Crippen LogP contribution in [0.25, 0.3) is 11.3 Å². The van der Waals surface area contributed by atoms with E-state index in [1.54, 1.807) is 23.1 Å². The van der Waals surface area contributed by atoms with Gasteiger partial charge in [0.25, 0.3) is 5.91 Å². The van der Waals surface area contributed by atoms with E-state index in [1.807, 2.05) is 0 Å². The van der Waals surface area contributed by atoms with Gasteiger partial charge in [-0.3, -0.25) is 4.79 Å². The van der Waals surface area contributed by atoms with Crippen molar-refractivity contribution in [1.29, 1.82) is 0 Å². The van der Waals surface area contributed by atoms with Crippen LogP contribution in [0.2, 0.25) is 0 Å². The summed E-state index contributed by atoms with van der Waals surface area (Å²) >= 11 is 0. The molecule has 5 nitrogen and oxygen atoms in total. The number of aliphatic hydroxyl groups is 1. The summed E-state index contributed by atoms with van der Waals surface area (Å²) in [5.41, 5.74) is 0.483. The van der Waals surface area contributed by atoms with Crippen molar-refractivity contribution in [2.45, 2.75) is 31.7 Å². The van der Waals surface area contributed by atoms with Crippen molar-refractivity contribution in [3.63, 3.8) is 0 Å². The molecule has 1 unspecified atom stereocenters. The molecule has 1 amide bonds. The summed E-state index contributed by atoms with van der Waals surface area (Å²) in [7, 11) is 0. The first-order chi connectivity index (χ1) is 11.2. The van der Waals surface area contributed by atoms with Crippen molar-refractivity contribution in [2.75, 3.05) is 13.2 Å². The van der Waals surface area contributed by atoms with Gasteiger partial charge in [-0.05, 0) is 37.8 Å². The number of hydrogen-bond acceptors (Lipinski definition) is 4. The van der Waals surface area contributed by atoms with Crippen LogP contribution >= 0.6 is 0 Å². The van der Waals surface area contributed by atoms with Gasteiger partial charge in [0.15, 0.2) is 11.5 Å². The van der Waals surface area contributed by atoms with Crippen LogP contribution in [0.3, 0.4) is 0 Å². The lowest BCUT2D eigenvalue weighted by Gasteiger charge is -2.23. The summed E-state index contributed by atoms with van der Waals surface area (Å²) in [5.74, 6) is -0.362. The SMILES string of the molecule is O=C(c1cc(-c2ccccc2F)on1)N1CCCC1CCCO. The number of aromatic nitrogens is 1. The molecule has 6 heteroatoms. The second-order valence-corrected chi connectivity index (χ2v) is 5.72. The molecule has 1 aromatic heterocycles. The van der Waals surface area contributed by atoms with Gasteiger partial charge in [0, 0.05) is 25.3 Å². The van der Waals surface area contributed by atoms with Crippen LogP contribution in [0.1, 0.15) is 36.2 Å². The van der Waals surface area contributed by atoms with Gasteiger partial charge in [0.1, 0.15) is 5.82 Å². The van der Waals surface area contributed by atoms with Crippen molar-refractivity contribution in [1.82, 2.24) is 10.1 Å². The summed E-state index contributed by atoms with van der Waals surface area (Å²) < 4.78 is 18.9. The van der Waals surface area contributed by atoms with Crippen LogP contribution in [-0.4, -0.2) is 40.3 Å². The zero-order valence-electron chi connectivity index (χ0n) is 12.7. The first-order valence-corrected chi connectivity index (χ1v) is 7.84. The van der Waals surface area contributed by atoms with Gasteiger partial charge < -0.3 is 14.5 Å². The fraction of sp³-hybridized carbons (Fsp3) is 0.412. The zero-order chi connectivity index (χ0) is 16.2. The second kappa shape index (κ2) is 6.91. The summed E-state index contributed by atoms with van der Waals surface area (Å²) in [5, 5.41) is 12.8. The summed E-state index contributed by atoms with van der Waals surface area (Å²) in [6.45, 7) is 0.802. The highest BCUT2D eigenvalue weighted by Gasteiger charge is 2.30. The van der Waals surface area contributed by atoms with E-state index in [1.165, 1.54) is 12.1 Å². The quantitative estimate of drug-likeness (QED) is 0.920. The smallest absolute Gasteiger partial charge is 0.276 e. The average molecular weight is 318 g/mol. The minimum absolute atomic E-state index is 0.125. The first kappa shape index (κ1) is 15.7. The topological polar surface area (TPSA) is 66.6 Å². The molecular weight excluding hydrogens is 299 g/mol. The maximum Gasteiger partial charge on any atom is 0.276 e. The van der Waals surface area contributed by atoms with E-state index in [0.29, 0.717) is 13.0 Å². The van der Waals surface area contributed by atoms with E-state index < -0.39 is 5.82 Å². The first-order valence-electron chi connectivity index (χ1n) is 7.84. The molecule has 1 fully saturated rings. The van der Waals surface area contributed by atoms with E-state index >= 15 is 0 Å². The second-order valence-electron chi connectivity index (χ2n) is 5.72. The lowest BCUT2D eigenvalue weighted by molar-refractivity contribution is 0.0714. The highest BCUT2D eigenvalue weighted by molar-refractivity contribution is 5.93. The molecule has 2 heterocycles. The van der Waals surface area contributed by atoms with Crippen LogP contribution in [0.4, 0.5) is 4.39 Å². The van der Waals surface area contributed by atoms with E-state index in [-0.39, 0.29) is 35.6 Å². The van der Waals surface area contributed by atoms with Gasteiger partial charge in [0.05, 0.1) is 5.56 Å². The average Bonchev–Trinajstić information content (AvgIpc) is 3.22. The molecule has 0 bridgehead atoms. The molecular formula is C17H19FN2O3. The maximum atomic E-state index is 13.8. The largest absolute Gasteiger partial charge is 0.396 e. The van der Waals surface area contributed by atoms with Crippen molar-refractivity contribution in [3.05, 3.63) is 41.8 Å². The van der Waals surface area contributed by atoms with E-state index in [2.05, 4.69) is 5.16 Å². The van der Waals surface area contributed by atoms with Gasteiger partial charge in [0.2, 0.25) is 0 Å². The minimum atomic E-state index is -0.412. The Kier molecular flexibility index (Phi) is 4.71. The standard InChI is InChI=1S/C17H19FN2O3/c18-14-8-2-1-7-13(14)16-11-15(19-23-16)17(22)20-9-3-5-12(20)6-4-10-21/h1-2,7-8,11-12,21H,3-6,9-10H2. The number of carbonyl (C=O) groups excluding carboxylic acids is 1. The zero-order valence-corrected chi connectivity index (χ0v) is 12.7. The molecule has 1 aliphatic rings. The fourth-order valence-electron chi connectivity index (χ4n) is 3.04. The molecule has 1 aliphatic heterocycles. The number of nitrogens with zero attached hydrogens (tertiary/aromatic N) is 2. The van der Waals surface area contributed by atoms with Crippen LogP contribution in [0.5, 0.6) is 0 Å². The van der Waals surface area contributed by atoms with E-state index in [4.69, 9.17) is 9.63 Å². The lowest BCUT2D eigenvalue weighted by Crippen LogP contribution is -2.35. The van der Waals surface area contributed by atoms with Crippen LogP contribution in [0.15, 0.2) is 34.9 Å². The molecule has 23 heavy (non-hydrogen) atoms. The number of carbonyl (C=O) groups is 1. The molecule has 1 N–H and O–H groups in total. The number of halogens is 1. The van der Waals surface area contributed by atoms with Gasteiger partial charge in [-0.2, -0.15) is 0 Å². The molecule has 0 spiro atoms. The van der Waals surface area contributed by atoms with E-state index in [9.17, 15) is 9.18 Å². The Bertz CT molecular complexity index is 686. The Labute approximate surface area is 133 Å². The molecule has 0 aliphatic carbocycles. The molecule has 1 atom stereocenters. The number of benzene rings is 1. The highest BCUT2D eigenvalue weighted by Crippen LogP contribution is 2.26. The molecule has 0 saturated carbocycles. The molecule has 0 radical (unpaired) electrons. The third-order valence-electron chi connectivity index (χ3n) is 4.20. The molecule has 2 aromatic rings. The Morgan fingerprint density at radius 2 is 2.26 bits per heavy atom. The van der Waals surface area contributed by atoms with Crippen molar-refractivity contribution in [3.8, 4) is 11.3 Å². The van der Waals surface area contributed by atoms with Crippen molar-refractivity contribution >= 4 is 5.91 Å². The van der Waals surface area contributed by atoms with Crippen molar-refractivity contribution in [2.24, 2.45) is 0 Å². The van der Waals surface area contributed by atoms with Crippen LogP contribution in [-0.2, 0) is 0 Å². The fourth-order valence-corrected chi connectivity index (χ4v) is 3.04. The third kappa shape index (κ3) is 3.27. The number of hydrogen-bond donors (Lipinski definition) is 1. The maximum absolute atomic E-state index is 13.8. The van der Waals surface area contributed by atoms with Gasteiger partial charge in [-0.1, -0.05) is 17.3 Å². The Balaban J connectivity index is 1.77. The number of aliphatic hydroxyl groups excluding tert-OH is 1. The summed E-state index contributed by atoms with van der Waals surface area (Å²) in [6, 6.07) is 7.84. The van der Waals surface area contributed by atoms with Gasteiger partial charge >= 0.3 is 0 Å². The Morgan fingerprint density at radius 3 is 3.04 bits per heavy atom. The predicted molar refractivity (Wildman–Crippen MR) is 82.3 cm³/mol. The Morgan fingerprint density at radius 1 is 1.43 bits per heavy atom. The summed E-state index contributed by atoms with van der Waals surface area (Å²) in [4.78, 5) is 14.4. The molecule has 3 rings (SSSR count). The number of likely N-dealkylation sites (tertiary alicyclic amines) is 1. The number of rotatable bonds is 5. The molecule has 1 aromatic carbocycles. The molecule has 122 valence electrons. The Hall–Kier alpha value is -2.21. The van der Waals surface area contributed by atoms with Crippen LogP contribution in [0, 0.1) is 5.82 Å².